The summed E-state index contributed by atoms with van der Waals surface area (Å²) < 4.78 is 0. The van der Waals surface area contributed by atoms with E-state index >= 15 is 0 Å². The molecule has 4 aromatic rings. The number of nitrogens with zero attached hydrogens (tertiary/aromatic N) is 1. The van der Waals surface area contributed by atoms with E-state index in [0.29, 0.717) is 25.9 Å². The van der Waals surface area contributed by atoms with Gasteiger partial charge in [0.15, 0.2) is 0 Å². The Balaban J connectivity index is 1.31. The van der Waals surface area contributed by atoms with Gasteiger partial charge >= 0.3 is 0 Å². The van der Waals surface area contributed by atoms with Crippen LogP contribution in [0.4, 0.5) is 5.69 Å². The van der Waals surface area contributed by atoms with E-state index in [-0.39, 0.29) is 25.4 Å². The Hall–Kier alpha value is -4.95. The highest BCUT2D eigenvalue weighted by Crippen LogP contribution is 2.21. The summed E-state index contributed by atoms with van der Waals surface area (Å²) in [5, 5.41) is 18.4. The molecule has 0 aliphatic heterocycles. The van der Waals surface area contributed by atoms with Crippen LogP contribution in [0.15, 0.2) is 109 Å². The fourth-order valence-corrected chi connectivity index (χ4v) is 4.38. The van der Waals surface area contributed by atoms with E-state index in [9.17, 15) is 19.5 Å². The SMILES string of the molecule is O=C(CN(C(=O)CNCCc1ccc(O)cc1)C(=O)CNc1ccc(-c2ccccc2)cc1)NCCc1ccccc1. The normalized spacial score (nSPS) is 10.6. The summed E-state index contributed by atoms with van der Waals surface area (Å²) in [6.45, 7) is 0.304. The van der Waals surface area contributed by atoms with Crippen molar-refractivity contribution in [2.75, 3.05) is 38.0 Å². The Morgan fingerprint density at radius 3 is 1.88 bits per heavy atom. The van der Waals surface area contributed by atoms with Crippen molar-refractivity contribution in [2.24, 2.45) is 0 Å². The smallest absolute Gasteiger partial charge is 0.248 e. The minimum absolute atomic E-state index is 0.0904. The number of phenols is 1. The van der Waals surface area contributed by atoms with Gasteiger partial charge in [0.2, 0.25) is 17.7 Å². The molecule has 8 nitrogen and oxygen atoms in total. The number of carbonyl (C=O) groups excluding carboxylic acids is 3. The van der Waals surface area contributed by atoms with Crippen LogP contribution in [0.2, 0.25) is 0 Å². The van der Waals surface area contributed by atoms with Crippen molar-refractivity contribution in [3.63, 3.8) is 0 Å². The average Bonchev–Trinajstić information content (AvgIpc) is 3.03. The highest BCUT2D eigenvalue weighted by Gasteiger charge is 2.23. The third-order valence-electron chi connectivity index (χ3n) is 6.72. The molecule has 0 aliphatic rings. The average molecular weight is 565 g/mol. The molecule has 4 N–H and O–H groups in total. The summed E-state index contributed by atoms with van der Waals surface area (Å²) in [4.78, 5) is 40.0. The summed E-state index contributed by atoms with van der Waals surface area (Å²) in [5.41, 5.74) is 4.96. The lowest BCUT2D eigenvalue weighted by atomic mass is 10.1. The van der Waals surface area contributed by atoms with Crippen LogP contribution in [0.5, 0.6) is 5.75 Å². The van der Waals surface area contributed by atoms with E-state index in [0.717, 1.165) is 32.8 Å². The Bertz CT molecular complexity index is 1430. The molecule has 0 heterocycles. The number of phenolic OH excluding ortho intramolecular Hbond substituents is 1. The van der Waals surface area contributed by atoms with Gasteiger partial charge in [0.05, 0.1) is 13.1 Å². The van der Waals surface area contributed by atoms with Crippen molar-refractivity contribution in [3.8, 4) is 16.9 Å². The molecule has 0 spiro atoms. The van der Waals surface area contributed by atoms with E-state index < -0.39 is 17.7 Å². The number of nitrogens with one attached hydrogen (secondary N) is 3. The van der Waals surface area contributed by atoms with Gasteiger partial charge in [0.25, 0.3) is 0 Å². The number of amides is 3. The molecule has 216 valence electrons. The topological polar surface area (TPSA) is 111 Å². The molecule has 8 heteroatoms. The van der Waals surface area contributed by atoms with Crippen LogP contribution >= 0.6 is 0 Å². The highest BCUT2D eigenvalue weighted by atomic mass is 16.3. The van der Waals surface area contributed by atoms with Crippen LogP contribution in [-0.2, 0) is 27.2 Å². The lowest BCUT2D eigenvalue weighted by molar-refractivity contribution is -0.146. The molecule has 4 aromatic carbocycles. The molecule has 0 bridgehead atoms. The van der Waals surface area contributed by atoms with E-state index in [4.69, 9.17) is 0 Å². The molecular weight excluding hydrogens is 528 g/mol. The molecule has 0 saturated carbocycles. The van der Waals surface area contributed by atoms with Crippen molar-refractivity contribution < 1.29 is 19.5 Å². The van der Waals surface area contributed by atoms with Gasteiger partial charge in [-0.3, -0.25) is 19.3 Å². The van der Waals surface area contributed by atoms with Crippen LogP contribution in [0, 0.1) is 0 Å². The van der Waals surface area contributed by atoms with Gasteiger partial charge in [0.1, 0.15) is 12.3 Å². The maximum atomic E-state index is 13.2. The third-order valence-corrected chi connectivity index (χ3v) is 6.72. The highest BCUT2D eigenvalue weighted by molar-refractivity contribution is 6.01. The molecule has 42 heavy (non-hydrogen) atoms. The van der Waals surface area contributed by atoms with Crippen molar-refractivity contribution in [1.82, 2.24) is 15.5 Å². The number of rotatable bonds is 14. The first kappa shape index (κ1) is 30.0. The summed E-state index contributed by atoms with van der Waals surface area (Å²) in [6, 6.07) is 34.3. The minimum atomic E-state index is -0.495. The van der Waals surface area contributed by atoms with Gasteiger partial charge in [-0.2, -0.15) is 0 Å². The number of aromatic hydroxyl groups is 1. The van der Waals surface area contributed by atoms with Crippen LogP contribution in [0.1, 0.15) is 11.1 Å². The molecule has 0 radical (unpaired) electrons. The van der Waals surface area contributed by atoms with Gasteiger partial charge in [-0.25, -0.2) is 0 Å². The van der Waals surface area contributed by atoms with Gasteiger partial charge in [-0.05, 0) is 65.9 Å². The Morgan fingerprint density at radius 2 is 1.19 bits per heavy atom. The second kappa shape index (κ2) is 15.7. The number of benzene rings is 4. The van der Waals surface area contributed by atoms with E-state index in [1.54, 1.807) is 12.1 Å². The van der Waals surface area contributed by atoms with Crippen molar-refractivity contribution in [3.05, 3.63) is 120 Å². The Morgan fingerprint density at radius 1 is 0.619 bits per heavy atom. The Kier molecular flexibility index (Phi) is 11.2. The first-order valence-electron chi connectivity index (χ1n) is 14.0. The second-order valence-electron chi connectivity index (χ2n) is 9.85. The van der Waals surface area contributed by atoms with E-state index in [1.807, 2.05) is 97.1 Å². The van der Waals surface area contributed by atoms with Crippen molar-refractivity contribution in [1.29, 1.82) is 0 Å². The largest absolute Gasteiger partial charge is 0.508 e. The maximum absolute atomic E-state index is 13.2. The Labute approximate surface area is 246 Å². The van der Waals surface area contributed by atoms with Crippen molar-refractivity contribution >= 4 is 23.4 Å². The van der Waals surface area contributed by atoms with Crippen LogP contribution < -0.4 is 16.0 Å². The first-order valence-corrected chi connectivity index (χ1v) is 14.0. The quantitative estimate of drug-likeness (QED) is 0.172. The van der Waals surface area contributed by atoms with Crippen LogP contribution in [0.3, 0.4) is 0 Å². The third kappa shape index (κ3) is 9.60. The molecule has 4 rings (SSSR count). The van der Waals surface area contributed by atoms with Gasteiger partial charge in [0, 0.05) is 12.2 Å². The molecule has 3 amide bonds. The van der Waals surface area contributed by atoms with Gasteiger partial charge < -0.3 is 21.1 Å². The van der Waals surface area contributed by atoms with Gasteiger partial charge in [-0.15, -0.1) is 0 Å². The predicted octanol–water partition coefficient (Wildman–Crippen LogP) is 4.02. The van der Waals surface area contributed by atoms with E-state index in [2.05, 4.69) is 16.0 Å². The number of hydrogen-bond donors (Lipinski definition) is 4. The number of hydrogen-bond acceptors (Lipinski definition) is 6. The fourth-order valence-electron chi connectivity index (χ4n) is 4.38. The van der Waals surface area contributed by atoms with Crippen LogP contribution in [-0.4, -0.2) is 60.5 Å². The van der Waals surface area contributed by atoms with Crippen molar-refractivity contribution in [2.45, 2.75) is 12.8 Å². The molecular formula is C34H36N4O4. The maximum Gasteiger partial charge on any atom is 0.248 e. The van der Waals surface area contributed by atoms with Crippen LogP contribution in [0.25, 0.3) is 11.1 Å². The standard InChI is InChI=1S/C34H36N4O4/c39-31-17-11-27(12-18-31)19-21-35-23-33(41)38(25-32(40)36-22-20-26-7-3-1-4-8-26)34(42)24-37-30-15-13-29(14-16-30)28-9-5-2-6-10-28/h1-18,35,37,39H,19-25H2,(H,36,40). The molecule has 0 saturated heterocycles. The van der Waals surface area contributed by atoms with Gasteiger partial charge in [-0.1, -0.05) is 84.9 Å². The molecule has 0 aromatic heterocycles. The van der Waals surface area contributed by atoms with E-state index in [1.165, 1.54) is 0 Å². The summed E-state index contributed by atoms with van der Waals surface area (Å²) >= 11 is 0. The summed E-state index contributed by atoms with van der Waals surface area (Å²) in [5.74, 6) is -1.18. The molecule has 0 fully saturated rings. The summed E-state index contributed by atoms with van der Waals surface area (Å²) in [6.07, 6.45) is 1.29. The number of imide groups is 1. The zero-order valence-electron chi connectivity index (χ0n) is 23.5. The summed E-state index contributed by atoms with van der Waals surface area (Å²) in [7, 11) is 0. The minimum Gasteiger partial charge on any atom is -0.508 e. The lowest BCUT2D eigenvalue weighted by Crippen LogP contribution is -2.49. The zero-order chi connectivity index (χ0) is 29.6. The zero-order valence-corrected chi connectivity index (χ0v) is 23.5. The molecule has 0 unspecified atom stereocenters. The monoisotopic (exact) mass is 564 g/mol. The lowest BCUT2D eigenvalue weighted by Gasteiger charge is -2.21. The first-order chi connectivity index (χ1) is 20.5. The number of anilines is 1. The molecule has 0 atom stereocenters. The fraction of sp³-hybridized carbons (Fsp3) is 0.206. The number of carbonyl (C=O) groups is 3. The molecule has 0 aliphatic carbocycles. The predicted molar refractivity (Wildman–Crippen MR) is 165 cm³/mol. The second-order valence-corrected chi connectivity index (χ2v) is 9.85.